The summed E-state index contributed by atoms with van der Waals surface area (Å²) in [6, 6.07) is 6.69. The van der Waals surface area contributed by atoms with Gasteiger partial charge in [0.15, 0.2) is 5.69 Å². The monoisotopic (exact) mass is 385 g/mol. The molecule has 0 atom stereocenters. The molecule has 1 aromatic carbocycles. The first kappa shape index (κ1) is 19.5. The van der Waals surface area contributed by atoms with E-state index < -0.39 is 11.8 Å². The van der Waals surface area contributed by atoms with Crippen LogP contribution in [0.15, 0.2) is 29.1 Å². The van der Waals surface area contributed by atoms with Crippen LogP contribution in [0, 0.1) is 0 Å². The Morgan fingerprint density at radius 1 is 1.07 bits per heavy atom. The summed E-state index contributed by atoms with van der Waals surface area (Å²) in [6.45, 7) is 2.49. The number of aryl methyl sites for hydroxylation is 1. The Kier molecular flexibility index (Phi) is 6.03. The Hall–Kier alpha value is -3.23. The van der Waals surface area contributed by atoms with E-state index >= 15 is 0 Å². The van der Waals surface area contributed by atoms with Crippen molar-refractivity contribution in [3.05, 3.63) is 40.3 Å². The van der Waals surface area contributed by atoms with Gasteiger partial charge < -0.3 is 4.90 Å². The lowest BCUT2D eigenvalue weighted by atomic mass is 10.1. The van der Waals surface area contributed by atoms with E-state index in [1.54, 1.807) is 31.2 Å². The Morgan fingerprint density at radius 2 is 1.82 bits per heavy atom. The van der Waals surface area contributed by atoms with Crippen LogP contribution in [0.1, 0.15) is 43.1 Å². The predicted molar refractivity (Wildman–Crippen MR) is 102 cm³/mol. The van der Waals surface area contributed by atoms with Crippen LogP contribution in [0.25, 0.3) is 10.8 Å². The summed E-state index contributed by atoms with van der Waals surface area (Å²) in [5, 5.41) is 4.90. The number of aromatic nitrogens is 2. The molecule has 0 saturated carbocycles. The fourth-order valence-corrected chi connectivity index (χ4v) is 3.22. The molecule has 1 aromatic heterocycles. The van der Waals surface area contributed by atoms with Gasteiger partial charge in [0, 0.05) is 24.9 Å². The molecule has 1 aliphatic rings. The van der Waals surface area contributed by atoms with Crippen molar-refractivity contribution < 1.29 is 14.4 Å². The molecule has 0 spiro atoms. The van der Waals surface area contributed by atoms with Crippen LogP contribution in [0.3, 0.4) is 0 Å². The molecular weight excluding hydrogens is 362 g/mol. The highest BCUT2D eigenvalue weighted by atomic mass is 16.2. The molecule has 9 heteroatoms. The second kappa shape index (κ2) is 8.64. The first-order valence-electron chi connectivity index (χ1n) is 9.38. The summed E-state index contributed by atoms with van der Waals surface area (Å²) < 4.78 is 1.20. The van der Waals surface area contributed by atoms with Crippen molar-refractivity contribution in [2.24, 2.45) is 0 Å². The number of fused-ring (bicyclic) bond motifs is 1. The molecule has 0 unspecified atom stereocenters. The fraction of sp³-hybridized carbons (Fsp3) is 0.421. The summed E-state index contributed by atoms with van der Waals surface area (Å²) in [7, 11) is 0. The molecule has 3 rings (SSSR count). The van der Waals surface area contributed by atoms with E-state index in [1.807, 2.05) is 0 Å². The van der Waals surface area contributed by atoms with E-state index in [1.165, 1.54) is 9.58 Å². The molecule has 28 heavy (non-hydrogen) atoms. The van der Waals surface area contributed by atoms with Gasteiger partial charge in [-0.2, -0.15) is 5.10 Å². The fourth-order valence-electron chi connectivity index (χ4n) is 3.22. The van der Waals surface area contributed by atoms with Crippen molar-refractivity contribution in [3.63, 3.8) is 0 Å². The third-order valence-electron chi connectivity index (χ3n) is 4.70. The maximum Gasteiger partial charge on any atom is 0.290 e. The van der Waals surface area contributed by atoms with Crippen molar-refractivity contribution >= 4 is 28.5 Å². The van der Waals surface area contributed by atoms with E-state index in [0.717, 1.165) is 19.3 Å². The van der Waals surface area contributed by atoms with Gasteiger partial charge in [0.1, 0.15) is 6.54 Å². The van der Waals surface area contributed by atoms with Crippen LogP contribution in [0.2, 0.25) is 0 Å². The minimum Gasteiger partial charge on any atom is -0.333 e. The highest BCUT2D eigenvalue weighted by molar-refractivity contribution is 6.05. The number of hydrogen-bond acceptors (Lipinski definition) is 5. The first-order chi connectivity index (χ1) is 13.5. The summed E-state index contributed by atoms with van der Waals surface area (Å²) in [6.07, 6.45) is 3.10. The smallest absolute Gasteiger partial charge is 0.290 e. The summed E-state index contributed by atoms with van der Waals surface area (Å²) in [5.74, 6) is -1.17. The third kappa shape index (κ3) is 4.19. The van der Waals surface area contributed by atoms with Gasteiger partial charge in [-0.1, -0.05) is 24.6 Å². The quantitative estimate of drug-likeness (QED) is 0.748. The molecule has 3 amide bonds. The Bertz CT molecular complexity index is 968. The molecular formula is C19H23N5O4. The Balaban J connectivity index is 1.71. The topological polar surface area (TPSA) is 113 Å². The molecule has 9 nitrogen and oxygen atoms in total. The van der Waals surface area contributed by atoms with E-state index in [2.05, 4.69) is 16.0 Å². The minimum atomic E-state index is -0.631. The van der Waals surface area contributed by atoms with Crippen LogP contribution in [-0.2, 0) is 16.1 Å². The molecule has 2 N–H and O–H groups in total. The van der Waals surface area contributed by atoms with Gasteiger partial charge in [-0.3, -0.25) is 30.0 Å². The van der Waals surface area contributed by atoms with E-state index in [9.17, 15) is 19.2 Å². The highest BCUT2D eigenvalue weighted by Gasteiger charge is 2.20. The van der Waals surface area contributed by atoms with Crippen LogP contribution in [0.5, 0.6) is 0 Å². The van der Waals surface area contributed by atoms with Gasteiger partial charge in [0.25, 0.3) is 17.4 Å². The second-order valence-electron chi connectivity index (χ2n) is 6.64. The maximum atomic E-state index is 12.6. The van der Waals surface area contributed by atoms with E-state index in [-0.39, 0.29) is 23.7 Å². The number of likely N-dealkylation sites (tertiary alicyclic amines) is 1. The van der Waals surface area contributed by atoms with Crippen LogP contribution < -0.4 is 16.4 Å². The molecule has 1 saturated heterocycles. The lowest BCUT2D eigenvalue weighted by molar-refractivity contribution is -0.135. The van der Waals surface area contributed by atoms with Crippen molar-refractivity contribution in [2.45, 2.75) is 39.2 Å². The number of hydrogen-bond donors (Lipinski definition) is 2. The van der Waals surface area contributed by atoms with Crippen molar-refractivity contribution in [2.75, 3.05) is 13.1 Å². The van der Waals surface area contributed by atoms with Gasteiger partial charge >= 0.3 is 0 Å². The maximum absolute atomic E-state index is 12.6. The van der Waals surface area contributed by atoms with E-state index in [0.29, 0.717) is 30.3 Å². The number of carbonyl (C=O) groups is 3. The molecule has 2 heterocycles. The predicted octanol–water partition coefficient (Wildman–Crippen LogP) is 0.580. The zero-order valence-electron chi connectivity index (χ0n) is 15.7. The summed E-state index contributed by atoms with van der Waals surface area (Å²) >= 11 is 0. The zero-order valence-corrected chi connectivity index (χ0v) is 15.7. The van der Waals surface area contributed by atoms with Gasteiger partial charge in [0.05, 0.1) is 5.39 Å². The lowest BCUT2D eigenvalue weighted by Crippen LogP contribution is -2.48. The van der Waals surface area contributed by atoms with Crippen LogP contribution in [-0.4, -0.2) is 45.5 Å². The average molecular weight is 385 g/mol. The SMILES string of the molecule is CCn1nc(C(=O)NNC(=O)CN2CCCCCC2=O)c2ccccc2c1=O. The summed E-state index contributed by atoms with van der Waals surface area (Å²) in [4.78, 5) is 50.5. The highest BCUT2D eigenvalue weighted by Crippen LogP contribution is 2.13. The second-order valence-corrected chi connectivity index (χ2v) is 6.64. The van der Waals surface area contributed by atoms with E-state index in [4.69, 9.17) is 0 Å². The number of benzene rings is 1. The van der Waals surface area contributed by atoms with Crippen molar-refractivity contribution in [1.29, 1.82) is 0 Å². The summed E-state index contributed by atoms with van der Waals surface area (Å²) in [5.41, 5.74) is 4.42. The number of nitrogens with zero attached hydrogens (tertiary/aromatic N) is 3. The molecule has 0 radical (unpaired) electrons. The number of hydrazine groups is 1. The molecule has 1 aliphatic heterocycles. The Labute approximate surface area is 161 Å². The lowest BCUT2D eigenvalue weighted by Gasteiger charge is -2.19. The molecule has 0 bridgehead atoms. The molecule has 148 valence electrons. The van der Waals surface area contributed by atoms with Crippen LogP contribution >= 0.6 is 0 Å². The van der Waals surface area contributed by atoms with Gasteiger partial charge in [-0.15, -0.1) is 0 Å². The van der Waals surface area contributed by atoms with Gasteiger partial charge in [-0.25, -0.2) is 4.68 Å². The number of carbonyl (C=O) groups excluding carboxylic acids is 3. The number of amides is 3. The molecule has 0 aliphatic carbocycles. The molecule has 2 aromatic rings. The largest absolute Gasteiger partial charge is 0.333 e. The zero-order chi connectivity index (χ0) is 20.1. The standard InChI is InChI=1S/C19H23N5O4/c1-2-24-19(28)14-9-6-5-8-13(14)17(22-24)18(27)21-20-15(25)12-23-11-7-3-4-10-16(23)26/h5-6,8-9H,2-4,7,10-12H2,1H3,(H,20,25)(H,21,27). The molecule has 1 fully saturated rings. The number of rotatable bonds is 4. The number of nitrogens with one attached hydrogen (secondary N) is 2. The van der Waals surface area contributed by atoms with Crippen LogP contribution in [0.4, 0.5) is 0 Å². The van der Waals surface area contributed by atoms with Crippen molar-refractivity contribution in [3.8, 4) is 0 Å². The normalized spacial score (nSPS) is 14.6. The average Bonchev–Trinajstić information content (AvgIpc) is 2.91. The van der Waals surface area contributed by atoms with Crippen molar-refractivity contribution in [1.82, 2.24) is 25.5 Å². The first-order valence-corrected chi connectivity index (χ1v) is 9.38. The third-order valence-corrected chi connectivity index (χ3v) is 4.70. The Morgan fingerprint density at radius 3 is 2.57 bits per heavy atom. The van der Waals surface area contributed by atoms with Gasteiger partial charge in [-0.05, 0) is 25.8 Å². The minimum absolute atomic E-state index is 0.0446. The van der Waals surface area contributed by atoms with Gasteiger partial charge in [0.2, 0.25) is 5.91 Å².